The van der Waals surface area contributed by atoms with Crippen LogP contribution in [0.1, 0.15) is 40.7 Å². The summed E-state index contributed by atoms with van der Waals surface area (Å²) in [5.41, 5.74) is 0.538. The fourth-order valence-corrected chi connectivity index (χ4v) is 5.76. The normalized spacial score (nSPS) is 18.2. The number of thiazole rings is 1. The van der Waals surface area contributed by atoms with E-state index in [0.29, 0.717) is 54.9 Å². The molecule has 1 aliphatic carbocycles. The fraction of sp³-hybridized carbons (Fsp3) is 0.346. The maximum Gasteiger partial charge on any atom is 0.416 e. The Labute approximate surface area is 215 Å². The van der Waals surface area contributed by atoms with Gasteiger partial charge in [0.05, 0.1) is 23.4 Å². The van der Waals surface area contributed by atoms with Gasteiger partial charge in [0.2, 0.25) is 11.8 Å². The van der Waals surface area contributed by atoms with Crippen LogP contribution in [-0.4, -0.2) is 47.9 Å². The number of fused-ring (bicyclic) bond motifs is 1. The number of nitrogens with zero attached hydrogens (tertiary/aromatic N) is 3. The zero-order valence-corrected chi connectivity index (χ0v) is 20.6. The Bertz CT molecular complexity index is 1290. The lowest BCUT2D eigenvalue weighted by molar-refractivity contribution is -0.137. The van der Waals surface area contributed by atoms with E-state index in [1.54, 1.807) is 29.2 Å². The van der Waals surface area contributed by atoms with Crippen molar-refractivity contribution in [1.82, 2.24) is 9.88 Å². The van der Waals surface area contributed by atoms with Gasteiger partial charge < -0.3 is 14.2 Å². The van der Waals surface area contributed by atoms with Crippen LogP contribution in [0.5, 0.6) is 0 Å². The number of alkyl halides is 3. The largest absolute Gasteiger partial charge is 0.465 e. The fourth-order valence-electron chi connectivity index (χ4n) is 4.69. The van der Waals surface area contributed by atoms with Crippen LogP contribution in [0.2, 0.25) is 0 Å². The number of rotatable bonds is 5. The van der Waals surface area contributed by atoms with Gasteiger partial charge >= 0.3 is 6.18 Å². The Kier molecular flexibility index (Phi) is 7.05. The van der Waals surface area contributed by atoms with Crippen LogP contribution in [-0.2, 0) is 22.2 Å². The average molecular weight is 531 g/mol. The molecule has 37 heavy (non-hydrogen) atoms. The minimum Gasteiger partial charge on any atom is -0.465 e. The van der Waals surface area contributed by atoms with Gasteiger partial charge in [0.1, 0.15) is 5.76 Å². The molecule has 2 aromatic heterocycles. The lowest BCUT2D eigenvalue weighted by Crippen LogP contribution is -2.50. The molecule has 1 fully saturated rings. The Morgan fingerprint density at radius 2 is 1.95 bits per heavy atom. The summed E-state index contributed by atoms with van der Waals surface area (Å²) in [6.07, 6.45) is 2.39. The molecule has 7 nitrogen and oxygen atoms in total. The maximum absolute atomic E-state index is 13.4. The van der Waals surface area contributed by atoms with E-state index >= 15 is 0 Å². The van der Waals surface area contributed by atoms with Crippen molar-refractivity contribution in [2.75, 3.05) is 36.4 Å². The number of benzene rings is 1. The molecule has 1 aromatic carbocycles. The van der Waals surface area contributed by atoms with Gasteiger partial charge in [0, 0.05) is 42.8 Å². The Morgan fingerprint density at radius 1 is 1.14 bits per heavy atom. The van der Waals surface area contributed by atoms with E-state index in [9.17, 15) is 22.8 Å². The van der Waals surface area contributed by atoms with E-state index in [2.05, 4.69) is 10.3 Å². The third-order valence-electron chi connectivity index (χ3n) is 6.55. The summed E-state index contributed by atoms with van der Waals surface area (Å²) in [7, 11) is 0. The average Bonchev–Trinajstić information content (AvgIpc) is 3.56. The number of aryl methyl sites for hydroxylation is 1. The van der Waals surface area contributed by atoms with E-state index in [0.717, 1.165) is 29.9 Å². The van der Waals surface area contributed by atoms with Crippen molar-refractivity contribution in [1.29, 1.82) is 0 Å². The number of amides is 2. The molecule has 2 aliphatic rings. The number of aromatic nitrogens is 1. The standard InChI is InChI=1S/C26H25F3N4O3S/c27-26(28,29)17-4-1-5-18(16-17)32-11-13-33(14-12-32)24(35)20-7-2-8-21-23(20)31-25(37-21)30-22(34)10-9-19-6-3-15-36-19/h1,3-6,9-10,15-16,20H,2,7-8,11-14H2,(H,30,31,34)/b10-9+. The van der Waals surface area contributed by atoms with E-state index in [4.69, 9.17) is 4.42 Å². The second kappa shape index (κ2) is 10.4. The summed E-state index contributed by atoms with van der Waals surface area (Å²) in [6, 6.07) is 8.75. The number of hydrogen-bond acceptors (Lipinski definition) is 6. The molecule has 0 radical (unpaired) electrons. The van der Waals surface area contributed by atoms with Crippen molar-refractivity contribution >= 4 is 40.0 Å². The smallest absolute Gasteiger partial charge is 0.416 e. The van der Waals surface area contributed by atoms with E-state index in [1.165, 1.54) is 29.7 Å². The lowest BCUT2D eigenvalue weighted by Gasteiger charge is -2.38. The third-order valence-corrected chi connectivity index (χ3v) is 7.60. The maximum atomic E-state index is 13.4. The first kappa shape index (κ1) is 25.1. The third kappa shape index (κ3) is 5.71. The number of halogens is 3. The first-order valence-corrected chi connectivity index (χ1v) is 12.8. The lowest BCUT2D eigenvalue weighted by atomic mass is 9.89. The molecule has 1 unspecified atom stereocenters. The second-order valence-corrected chi connectivity index (χ2v) is 10.1. The van der Waals surface area contributed by atoms with Crippen molar-refractivity contribution in [2.45, 2.75) is 31.4 Å². The molecule has 1 N–H and O–H groups in total. The molecule has 3 aromatic rings. The SMILES string of the molecule is O=C(/C=C/c1ccco1)Nc1nc2c(s1)CCCC2C(=O)N1CCN(c2cccc(C(F)(F)F)c2)CC1. The molecule has 1 atom stereocenters. The van der Waals surface area contributed by atoms with Crippen LogP contribution in [0.3, 0.4) is 0 Å². The molecule has 0 spiro atoms. The summed E-state index contributed by atoms with van der Waals surface area (Å²) in [4.78, 5) is 35.0. The minimum absolute atomic E-state index is 0.0227. The van der Waals surface area contributed by atoms with Gasteiger partial charge in [-0.1, -0.05) is 6.07 Å². The topological polar surface area (TPSA) is 78.7 Å². The summed E-state index contributed by atoms with van der Waals surface area (Å²) in [5, 5.41) is 3.22. The molecule has 11 heteroatoms. The molecular weight excluding hydrogens is 505 g/mol. The highest BCUT2D eigenvalue weighted by Crippen LogP contribution is 2.38. The highest BCUT2D eigenvalue weighted by atomic mass is 32.1. The molecule has 194 valence electrons. The molecule has 5 rings (SSSR count). The molecule has 2 amide bonds. The van der Waals surface area contributed by atoms with Crippen molar-refractivity contribution in [3.05, 3.63) is 70.6 Å². The zero-order valence-electron chi connectivity index (χ0n) is 19.8. The van der Waals surface area contributed by atoms with Crippen molar-refractivity contribution in [2.24, 2.45) is 0 Å². The molecule has 1 aliphatic heterocycles. The van der Waals surface area contributed by atoms with Gasteiger partial charge in [0.25, 0.3) is 0 Å². The van der Waals surface area contributed by atoms with Crippen LogP contribution in [0.25, 0.3) is 6.08 Å². The summed E-state index contributed by atoms with van der Waals surface area (Å²) >= 11 is 1.38. The van der Waals surface area contributed by atoms with Crippen LogP contribution in [0.15, 0.2) is 53.2 Å². The predicted octanol–water partition coefficient (Wildman–Crippen LogP) is 5.18. The Hall–Kier alpha value is -3.60. The summed E-state index contributed by atoms with van der Waals surface area (Å²) in [5.74, 6) is -0.182. The quantitative estimate of drug-likeness (QED) is 0.460. The van der Waals surface area contributed by atoms with Gasteiger partial charge in [-0.2, -0.15) is 13.2 Å². The van der Waals surface area contributed by atoms with Gasteiger partial charge in [0.15, 0.2) is 5.13 Å². The van der Waals surface area contributed by atoms with Gasteiger partial charge in [-0.25, -0.2) is 4.98 Å². The molecule has 3 heterocycles. The van der Waals surface area contributed by atoms with E-state index in [-0.39, 0.29) is 17.7 Å². The van der Waals surface area contributed by atoms with E-state index in [1.807, 2.05) is 4.90 Å². The number of carbonyl (C=O) groups is 2. The number of carbonyl (C=O) groups excluding carboxylic acids is 2. The zero-order chi connectivity index (χ0) is 26.0. The van der Waals surface area contributed by atoms with Crippen molar-refractivity contribution in [3.8, 4) is 0 Å². The van der Waals surface area contributed by atoms with Gasteiger partial charge in [-0.05, 0) is 55.7 Å². The first-order chi connectivity index (χ1) is 17.8. The number of hydrogen-bond donors (Lipinski definition) is 1. The Balaban J connectivity index is 1.22. The van der Waals surface area contributed by atoms with Crippen LogP contribution < -0.4 is 10.2 Å². The van der Waals surface area contributed by atoms with Crippen molar-refractivity contribution in [3.63, 3.8) is 0 Å². The second-order valence-electron chi connectivity index (χ2n) is 8.97. The van der Waals surface area contributed by atoms with Crippen molar-refractivity contribution < 1.29 is 27.2 Å². The van der Waals surface area contributed by atoms with Crippen LogP contribution >= 0.6 is 11.3 Å². The number of nitrogens with one attached hydrogen (secondary N) is 1. The monoisotopic (exact) mass is 530 g/mol. The first-order valence-electron chi connectivity index (χ1n) is 12.0. The molecule has 1 saturated heterocycles. The minimum atomic E-state index is -4.39. The van der Waals surface area contributed by atoms with Gasteiger partial charge in [-0.3, -0.25) is 14.9 Å². The molecular formula is C26H25F3N4O3S. The highest BCUT2D eigenvalue weighted by Gasteiger charge is 2.35. The summed E-state index contributed by atoms with van der Waals surface area (Å²) < 4.78 is 44.5. The van der Waals surface area contributed by atoms with Crippen LogP contribution in [0, 0.1) is 0 Å². The molecule has 0 bridgehead atoms. The number of furan rings is 1. The number of piperazine rings is 1. The Morgan fingerprint density at radius 3 is 2.68 bits per heavy atom. The highest BCUT2D eigenvalue weighted by molar-refractivity contribution is 7.15. The summed E-state index contributed by atoms with van der Waals surface area (Å²) in [6.45, 7) is 1.75. The predicted molar refractivity (Wildman–Crippen MR) is 134 cm³/mol. The number of anilines is 2. The van der Waals surface area contributed by atoms with E-state index < -0.39 is 11.7 Å². The van der Waals surface area contributed by atoms with Gasteiger partial charge in [-0.15, -0.1) is 11.3 Å². The van der Waals surface area contributed by atoms with Crippen LogP contribution in [0.4, 0.5) is 24.0 Å². The molecule has 0 saturated carbocycles.